The highest BCUT2D eigenvalue weighted by Crippen LogP contribution is 2.29. The predicted molar refractivity (Wildman–Crippen MR) is 65.0 cm³/mol. The Hall–Kier alpha value is -1.16. The fraction of sp³-hybridized carbons (Fsp3) is 0.692. The molecule has 4 heteroatoms. The van der Waals surface area contributed by atoms with E-state index in [9.17, 15) is 4.79 Å². The highest BCUT2D eigenvalue weighted by Gasteiger charge is 2.23. The summed E-state index contributed by atoms with van der Waals surface area (Å²) in [6.45, 7) is 6.02. The van der Waals surface area contributed by atoms with Crippen LogP contribution in [-0.2, 0) is 11.3 Å². The maximum atomic E-state index is 11.0. The van der Waals surface area contributed by atoms with Crippen LogP contribution in [0, 0.1) is 5.92 Å². The van der Waals surface area contributed by atoms with Crippen LogP contribution in [0.2, 0.25) is 0 Å². The quantitative estimate of drug-likeness (QED) is 0.738. The van der Waals surface area contributed by atoms with Gasteiger partial charge >= 0.3 is 0 Å². The molecule has 0 N–H and O–H groups in total. The van der Waals surface area contributed by atoms with E-state index in [1.54, 1.807) is 0 Å². The Balaban J connectivity index is 2.11. The van der Waals surface area contributed by atoms with Crippen LogP contribution in [0.1, 0.15) is 55.3 Å². The molecule has 1 unspecified atom stereocenters. The fourth-order valence-electron chi connectivity index (χ4n) is 2.09. The molecule has 0 radical (unpaired) electrons. The Labute approximate surface area is 102 Å². The number of aldehydes is 1. The molecule has 1 saturated heterocycles. The number of aromatic nitrogens is 2. The summed E-state index contributed by atoms with van der Waals surface area (Å²) < 4.78 is 7.46. The number of nitrogens with zero attached hydrogens (tertiary/aromatic N) is 2. The van der Waals surface area contributed by atoms with Gasteiger partial charge in [0.25, 0.3) is 0 Å². The second-order valence-corrected chi connectivity index (χ2v) is 5.03. The van der Waals surface area contributed by atoms with E-state index >= 15 is 0 Å². The molecular weight excluding hydrogens is 216 g/mol. The molecule has 1 fully saturated rings. The third kappa shape index (κ3) is 2.94. The predicted octanol–water partition coefficient (Wildman–Crippen LogP) is 2.59. The van der Waals surface area contributed by atoms with E-state index in [4.69, 9.17) is 4.74 Å². The Morgan fingerprint density at radius 1 is 1.65 bits per heavy atom. The SMILES string of the molecule is CC(C)CCn1cc(C=O)c(C2CCCO2)n1. The van der Waals surface area contributed by atoms with E-state index in [0.717, 1.165) is 44.4 Å². The largest absolute Gasteiger partial charge is 0.372 e. The summed E-state index contributed by atoms with van der Waals surface area (Å²) in [4.78, 5) is 11.0. The third-order valence-electron chi connectivity index (χ3n) is 3.12. The third-order valence-corrected chi connectivity index (χ3v) is 3.12. The summed E-state index contributed by atoms with van der Waals surface area (Å²) in [5.74, 6) is 0.644. The van der Waals surface area contributed by atoms with Crippen molar-refractivity contribution < 1.29 is 9.53 Å². The Kier molecular flexibility index (Phi) is 3.94. The average molecular weight is 236 g/mol. The lowest BCUT2D eigenvalue weighted by atomic mass is 10.1. The first kappa shape index (κ1) is 12.3. The lowest BCUT2D eigenvalue weighted by Gasteiger charge is -2.07. The van der Waals surface area contributed by atoms with Gasteiger partial charge in [0.2, 0.25) is 0 Å². The van der Waals surface area contributed by atoms with Crippen molar-refractivity contribution >= 4 is 6.29 Å². The van der Waals surface area contributed by atoms with E-state index in [0.29, 0.717) is 11.5 Å². The molecular formula is C13H20N2O2. The number of hydrogen-bond acceptors (Lipinski definition) is 3. The van der Waals surface area contributed by atoms with Gasteiger partial charge in [-0.3, -0.25) is 9.48 Å². The van der Waals surface area contributed by atoms with Gasteiger partial charge in [0.15, 0.2) is 6.29 Å². The minimum absolute atomic E-state index is 0.0236. The van der Waals surface area contributed by atoms with Crippen molar-refractivity contribution in [1.29, 1.82) is 0 Å². The first-order valence-electron chi connectivity index (χ1n) is 6.35. The molecule has 0 aliphatic carbocycles. The van der Waals surface area contributed by atoms with Crippen molar-refractivity contribution in [3.05, 3.63) is 17.5 Å². The number of carbonyl (C=O) groups is 1. The first-order chi connectivity index (χ1) is 8.20. The fourth-order valence-corrected chi connectivity index (χ4v) is 2.09. The van der Waals surface area contributed by atoms with Crippen molar-refractivity contribution in [3.8, 4) is 0 Å². The van der Waals surface area contributed by atoms with Crippen LogP contribution in [0.25, 0.3) is 0 Å². The lowest BCUT2D eigenvalue weighted by Crippen LogP contribution is -2.04. The molecule has 94 valence electrons. The zero-order valence-corrected chi connectivity index (χ0v) is 10.6. The normalized spacial score (nSPS) is 20.1. The summed E-state index contributed by atoms with van der Waals surface area (Å²) in [7, 11) is 0. The molecule has 1 aromatic rings. The van der Waals surface area contributed by atoms with E-state index in [2.05, 4.69) is 18.9 Å². The molecule has 0 aromatic carbocycles. The monoisotopic (exact) mass is 236 g/mol. The number of aryl methyl sites for hydroxylation is 1. The second kappa shape index (κ2) is 5.45. The minimum atomic E-state index is 0.0236. The Morgan fingerprint density at radius 3 is 3.06 bits per heavy atom. The molecule has 17 heavy (non-hydrogen) atoms. The molecule has 2 heterocycles. The average Bonchev–Trinajstić information content (AvgIpc) is 2.94. The van der Waals surface area contributed by atoms with Crippen molar-refractivity contribution in [2.45, 2.75) is 45.8 Å². The van der Waals surface area contributed by atoms with E-state index in [-0.39, 0.29) is 6.10 Å². The zero-order valence-electron chi connectivity index (χ0n) is 10.6. The van der Waals surface area contributed by atoms with Gasteiger partial charge in [-0.05, 0) is 25.2 Å². The Morgan fingerprint density at radius 2 is 2.47 bits per heavy atom. The summed E-state index contributed by atoms with van der Waals surface area (Å²) in [5, 5.41) is 4.50. The summed E-state index contributed by atoms with van der Waals surface area (Å²) in [5.41, 5.74) is 1.50. The molecule has 1 aliphatic heterocycles. The van der Waals surface area contributed by atoms with Crippen LogP contribution >= 0.6 is 0 Å². The van der Waals surface area contributed by atoms with Crippen molar-refractivity contribution in [2.24, 2.45) is 5.92 Å². The maximum Gasteiger partial charge on any atom is 0.153 e. The van der Waals surface area contributed by atoms with Crippen LogP contribution in [-0.4, -0.2) is 22.7 Å². The van der Waals surface area contributed by atoms with Crippen molar-refractivity contribution in [3.63, 3.8) is 0 Å². The van der Waals surface area contributed by atoms with Crippen LogP contribution in [0.15, 0.2) is 6.20 Å². The van der Waals surface area contributed by atoms with Gasteiger partial charge in [0.05, 0.1) is 5.56 Å². The standard InChI is InChI=1S/C13H20N2O2/c1-10(2)5-6-15-8-11(9-16)13(14-15)12-4-3-7-17-12/h8-10,12H,3-7H2,1-2H3. The number of rotatable bonds is 5. The van der Waals surface area contributed by atoms with E-state index in [1.807, 2.05) is 10.9 Å². The lowest BCUT2D eigenvalue weighted by molar-refractivity contribution is 0.103. The smallest absolute Gasteiger partial charge is 0.153 e. The van der Waals surface area contributed by atoms with E-state index < -0.39 is 0 Å². The summed E-state index contributed by atoms with van der Waals surface area (Å²) >= 11 is 0. The highest BCUT2D eigenvalue weighted by molar-refractivity contribution is 5.76. The van der Waals surface area contributed by atoms with Gasteiger partial charge in [0, 0.05) is 19.3 Å². The maximum absolute atomic E-state index is 11.0. The van der Waals surface area contributed by atoms with Gasteiger partial charge < -0.3 is 4.74 Å². The summed E-state index contributed by atoms with van der Waals surface area (Å²) in [6, 6.07) is 0. The van der Waals surface area contributed by atoms with Crippen LogP contribution in [0.4, 0.5) is 0 Å². The number of ether oxygens (including phenoxy) is 1. The number of carbonyl (C=O) groups excluding carboxylic acids is 1. The molecule has 2 rings (SSSR count). The van der Waals surface area contributed by atoms with Gasteiger partial charge in [-0.2, -0.15) is 5.10 Å². The first-order valence-corrected chi connectivity index (χ1v) is 6.35. The van der Waals surface area contributed by atoms with Crippen LogP contribution in [0.5, 0.6) is 0 Å². The molecule has 0 amide bonds. The van der Waals surface area contributed by atoms with Gasteiger partial charge in [-0.25, -0.2) is 0 Å². The van der Waals surface area contributed by atoms with Crippen LogP contribution in [0.3, 0.4) is 0 Å². The van der Waals surface area contributed by atoms with Crippen molar-refractivity contribution in [2.75, 3.05) is 6.61 Å². The van der Waals surface area contributed by atoms with Gasteiger partial charge in [-0.1, -0.05) is 13.8 Å². The highest BCUT2D eigenvalue weighted by atomic mass is 16.5. The minimum Gasteiger partial charge on any atom is -0.372 e. The van der Waals surface area contributed by atoms with Crippen LogP contribution < -0.4 is 0 Å². The molecule has 1 aliphatic rings. The Bertz CT molecular complexity index is 379. The summed E-state index contributed by atoms with van der Waals surface area (Å²) in [6.07, 6.45) is 5.85. The topological polar surface area (TPSA) is 44.1 Å². The van der Waals surface area contributed by atoms with E-state index in [1.165, 1.54) is 0 Å². The molecule has 1 atom stereocenters. The molecule has 0 spiro atoms. The zero-order chi connectivity index (χ0) is 12.3. The van der Waals surface area contributed by atoms with Gasteiger partial charge in [-0.15, -0.1) is 0 Å². The molecule has 4 nitrogen and oxygen atoms in total. The molecule has 1 aromatic heterocycles. The molecule has 0 saturated carbocycles. The molecule has 0 bridgehead atoms. The second-order valence-electron chi connectivity index (χ2n) is 5.03. The van der Waals surface area contributed by atoms with Gasteiger partial charge in [0.1, 0.15) is 11.8 Å². The van der Waals surface area contributed by atoms with Crippen molar-refractivity contribution in [1.82, 2.24) is 9.78 Å². The number of hydrogen-bond donors (Lipinski definition) is 0.